The molecule has 0 saturated carbocycles. The van der Waals surface area contributed by atoms with E-state index in [0.717, 1.165) is 0 Å². The lowest BCUT2D eigenvalue weighted by molar-refractivity contribution is -0.154. The lowest BCUT2D eigenvalue weighted by atomic mass is 10.0. The first-order valence-corrected chi connectivity index (χ1v) is 6.76. The molecule has 7 nitrogen and oxygen atoms in total. The monoisotopic (exact) mass is 307 g/mol. The molecule has 1 aliphatic heterocycles. The van der Waals surface area contributed by atoms with Crippen LogP contribution in [0.1, 0.15) is 23.7 Å². The number of carbonyl (C=O) groups is 2. The summed E-state index contributed by atoms with van der Waals surface area (Å²) >= 11 is 0. The summed E-state index contributed by atoms with van der Waals surface area (Å²) in [6.45, 7) is 1.95. The molecule has 0 amide bonds. The van der Waals surface area contributed by atoms with E-state index in [4.69, 9.17) is 19.0 Å². The summed E-state index contributed by atoms with van der Waals surface area (Å²) in [5, 5.41) is 3.69. The molecular formula is C15H17NO6. The summed E-state index contributed by atoms with van der Waals surface area (Å²) in [5.74, 6) is 0.108. The van der Waals surface area contributed by atoms with Gasteiger partial charge >= 0.3 is 5.97 Å². The second-order valence-corrected chi connectivity index (χ2v) is 4.49. The highest BCUT2D eigenvalue weighted by molar-refractivity contribution is 6.46. The fourth-order valence-corrected chi connectivity index (χ4v) is 2.02. The van der Waals surface area contributed by atoms with Crippen molar-refractivity contribution in [2.75, 3.05) is 20.8 Å². The maximum Gasteiger partial charge on any atom is 0.350 e. The molecule has 1 aliphatic rings. The maximum absolute atomic E-state index is 12.4. The Morgan fingerprint density at radius 2 is 2.00 bits per heavy atom. The SMILES string of the molecule is CCOC(=O)C1CC(C(=O)c2ccc(OC)c(OC)c2)=NO1. The van der Waals surface area contributed by atoms with E-state index in [0.29, 0.717) is 17.1 Å². The molecule has 0 N–H and O–H groups in total. The predicted octanol–water partition coefficient (Wildman–Crippen LogP) is 1.59. The first-order chi connectivity index (χ1) is 10.6. The number of benzene rings is 1. The summed E-state index contributed by atoms with van der Waals surface area (Å²) in [7, 11) is 3.00. The molecule has 1 aromatic rings. The first-order valence-electron chi connectivity index (χ1n) is 6.76. The van der Waals surface area contributed by atoms with Crippen molar-refractivity contribution < 1.29 is 28.6 Å². The number of hydrogen-bond acceptors (Lipinski definition) is 7. The van der Waals surface area contributed by atoms with Crippen LogP contribution in [-0.2, 0) is 14.4 Å². The molecule has 0 aliphatic carbocycles. The van der Waals surface area contributed by atoms with Crippen molar-refractivity contribution in [1.29, 1.82) is 0 Å². The highest BCUT2D eigenvalue weighted by Gasteiger charge is 2.33. The molecule has 1 heterocycles. The number of nitrogens with zero attached hydrogens (tertiary/aromatic N) is 1. The zero-order chi connectivity index (χ0) is 16.1. The van der Waals surface area contributed by atoms with Gasteiger partial charge in [-0.2, -0.15) is 0 Å². The van der Waals surface area contributed by atoms with Gasteiger partial charge in [0.2, 0.25) is 11.9 Å². The van der Waals surface area contributed by atoms with Gasteiger partial charge < -0.3 is 19.0 Å². The van der Waals surface area contributed by atoms with E-state index in [1.54, 1.807) is 25.1 Å². The normalized spacial score (nSPS) is 16.5. The molecule has 0 bridgehead atoms. The number of ketones is 1. The lowest BCUT2D eigenvalue weighted by Gasteiger charge is -2.09. The topological polar surface area (TPSA) is 83.4 Å². The number of rotatable bonds is 6. The highest BCUT2D eigenvalue weighted by Crippen LogP contribution is 2.28. The molecule has 0 fully saturated rings. The molecule has 0 radical (unpaired) electrons. The number of methoxy groups -OCH3 is 2. The summed E-state index contributed by atoms with van der Waals surface area (Å²) in [5.41, 5.74) is 0.551. The van der Waals surface area contributed by atoms with E-state index < -0.39 is 12.1 Å². The van der Waals surface area contributed by atoms with Crippen LogP contribution in [0.3, 0.4) is 0 Å². The fourth-order valence-electron chi connectivity index (χ4n) is 2.02. The van der Waals surface area contributed by atoms with Crippen LogP contribution in [0.5, 0.6) is 11.5 Å². The van der Waals surface area contributed by atoms with Gasteiger partial charge in [-0.3, -0.25) is 4.79 Å². The number of Topliss-reactive ketones (excluding diaryl/α,β-unsaturated/α-hetero) is 1. The third kappa shape index (κ3) is 3.19. The number of hydrogen-bond donors (Lipinski definition) is 0. The molecule has 0 aromatic heterocycles. The van der Waals surface area contributed by atoms with E-state index in [1.807, 2.05) is 0 Å². The largest absolute Gasteiger partial charge is 0.493 e. The van der Waals surface area contributed by atoms with Gasteiger partial charge in [0.25, 0.3) is 0 Å². The Morgan fingerprint density at radius 1 is 1.27 bits per heavy atom. The van der Waals surface area contributed by atoms with Crippen LogP contribution >= 0.6 is 0 Å². The average Bonchev–Trinajstić information content (AvgIpc) is 3.03. The van der Waals surface area contributed by atoms with Gasteiger partial charge in [0.05, 0.1) is 20.8 Å². The molecule has 2 rings (SSSR count). The van der Waals surface area contributed by atoms with Crippen molar-refractivity contribution in [3.63, 3.8) is 0 Å². The lowest BCUT2D eigenvalue weighted by Crippen LogP contribution is -2.25. The van der Waals surface area contributed by atoms with Crippen LogP contribution < -0.4 is 9.47 Å². The quantitative estimate of drug-likeness (QED) is 0.586. The van der Waals surface area contributed by atoms with E-state index in [1.165, 1.54) is 14.2 Å². The Bertz CT molecular complexity index is 610. The van der Waals surface area contributed by atoms with Crippen LogP contribution in [0.25, 0.3) is 0 Å². The van der Waals surface area contributed by atoms with Crippen LogP contribution in [0.4, 0.5) is 0 Å². The van der Waals surface area contributed by atoms with E-state index in [2.05, 4.69) is 5.16 Å². The van der Waals surface area contributed by atoms with Gasteiger partial charge in [-0.1, -0.05) is 5.16 Å². The van der Waals surface area contributed by atoms with E-state index in [9.17, 15) is 9.59 Å². The number of oxime groups is 1. The zero-order valence-corrected chi connectivity index (χ0v) is 12.6. The highest BCUT2D eigenvalue weighted by atomic mass is 16.7. The van der Waals surface area contributed by atoms with Crippen LogP contribution in [0.2, 0.25) is 0 Å². The number of esters is 1. The summed E-state index contributed by atoms with van der Waals surface area (Å²) < 4.78 is 15.1. The molecule has 1 atom stereocenters. The third-order valence-corrected chi connectivity index (χ3v) is 3.13. The van der Waals surface area contributed by atoms with E-state index in [-0.39, 0.29) is 24.5 Å². The summed E-state index contributed by atoms with van der Waals surface area (Å²) in [6.07, 6.45) is -0.773. The summed E-state index contributed by atoms with van der Waals surface area (Å²) in [6, 6.07) is 4.79. The number of carbonyl (C=O) groups excluding carboxylic acids is 2. The van der Waals surface area contributed by atoms with Crippen molar-refractivity contribution in [2.45, 2.75) is 19.4 Å². The predicted molar refractivity (Wildman–Crippen MR) is 77.4 cm³/mol. The first kappa shape index (κ1) is 15.8. The van der Waals surface area contributed by atoms with Crippen molar-refractivity contribution in [1.82, 2.24) is 0 Å². The molecule has 1 unspecified atom stereocenters. The Hall–Kier alpha value is -2.57. The molecule has 7 heteroatoms. The fraction of sp³-hybridized carbons (Fsp3) is 0.400. The smallest absolute Gasteiger partial charge is 0.350 e. The molecule has 1 aromatic carbocycles. The zero-order valence-electron chi connectivity index (χ0n) is 12.6. The van der Waals surface area contributed by atoms with Gasteiger partial charge in [0.15, 0.2) is 11.5 Å². The Labute approximate surface area is 127 Å². The van der Waals surface area contributed by atoms with E-state index >= 15 is 0 Å². The van der Waals surface area contributed by atoms with Crippen molar-refractivity contribution in [3.8, 4) is 11.5 Å². The number of ether oxygens (including phenoxy) is 3. The minimum atomic E-state index is -0.862. The molecule has 22 heavy (non-hydrogen) atoms. The van der Waals surface area contributed by atoms with Gasteiger partial charge in [-0.15, -0.1) is 0 Å². The Balaban J connectivity index is 2.11. The van der Waals surface area contributed by atoms with Gasteiger partial charge in [0, 0.05) is 12.0 Å². The van der Waals surface area contributed by atoms with Crippen molar-refractivity contribution in [3.05, 3.63) is 23.8 Å². The maximum atomic E-state index is 12.4. The minimum Gasteiger partial charge on any atom is -0.493 e. The molecular weight excluding hydrogens is 290 g/mol. The Kier molecular flexibility index (Phi) is 4.98. The van der Waals surface area contributed by atoms with Crippen LogP contribution in [0, 0.1) is 0 Å². The van der Waals surface area contributed by atoms with Crippen molar-refractivity contribution >= 4 is 17.5 Å². The molecule has 118 valence electrons. The second-order valence-electron chi connectivity index (χ2n) is 4.49. The van der Waals surface area contributed by atoms with Crippen molar-refractivity contribution in [2.24, 2.45) is 5.16 Å². The van der Waals surface area contributed by atoms with Gasteiger partial charge in [-0.25, -0.2) is 4.79 Å². The standard InChI is InChI=1S/C15H17NO6/c1-4-21-15(18)13-8-10(16-22-13)14(17)9-5-6-11(19-2)12(7-9)20-3/h5-7,13H,4,8H2,1-3H3. The van der Waals surface area contributed by atoms with Crippen LogP contribution in [0.15, 0.2) is 23.4 Å². The van der Waals surface area contributed by atoms with Gasteiger partial charge in [-0.05, 0) is 25.1 Å². The Morgan fingerprint density at radius 3 is 2.64 bits per heavy atom. The van der Waals surface area contributed by atoms with Crippen LogP contribution in [-0.4, -0.2) is 44.4 Å². The molecule has 0 spiro atoms. The van der Waals surface area contributed by atoms with Gasteiger partial charge in [0.1, 0.15) is 5.71 Å². The average molecular weight is 307 g/mol. The third-order valence-electron chi connectivity index (χ3n) is 3.13. The minimum absolute atomic E-state index is 0.0893. The second kappa shape index (κ2) is 6.93. The summed E-state index contributed by atoms with van der Waals surface area (Å²) in [4.78, 5) is 28.9. The molecule has 0 saturated heterocycles.